The molecule has 0 N–H and O–H groups in total. The smallest absolute Gasteiger partial charge is 0.306 e. The second-order valence-electron chi connectivity index (χ2n) is 6.59. The van der Waals surface area contributed by atoms with E-state index >= 15 is 0 Å². The third-order valence-corrected chi connectivity index (χ3v) is 4.19. The average molecular weight is 384 g/mol. The molecule has 4 nitrogen and oxygen atoms in total. The van der Waals surface area contributed by atoms with Crippen molar-refractivity contribution in [3.8, 4) is 0 Å². The van der Waals surface area contributed by atoms with Gasteiger partial charge in [-0.15, -0.1) is 0 Å². The van der Waals surface area contributed by atoms with Crippen molar-refractivity contribution in [1.29, 1.82) is 0 Å². The highest BCUT2D eigenvalue weighted by molar-refractivity contribution is 5.77. The number of unbranched alkanes of at least 4 members (excludes halogenated alkanes) is 7. The Bertz CT molecular complexity index is 575. The lowest BCUT2D eigenvalue weighted by Crippen LogP contribution is -2.11. The molecule has 152 valence electrons. The highest BCUT2D eigenvalue weighted by Gasteiger charge is 2.11. The van der Waals surface area contributed by atoms with Crippen LogP contribution in [0.15, 0.2) is 18.2 Å². The van der Waals surface area contributed by atoms with Gasteiger partial charge in [-0.3, -0.25) is 9.59 Å². The van der Waals surface area contributed by atoms with Gasteiger partial charge < -0.3 is 9.47 Å². The first-order valence-electron chi connectivity index (χ1n) is 9.78. The third-order valence-electron chi connectivity index (χ3n) is 4.19. The second-order valence-corrected chi connectivity index (χ2v) is 6.59. The Balaban J connectivity index is 2.04. The van der Waals surface area contributed by atoms with E-state index in [-0.39, 0.29) is 25.0 Å². The molecule has 0 saturated carbocycles. The largest absolute Gasteiger partial charge is 0.466 e. The van der Waals surface area contributed by atoms with Crippen molar-refractivity contribution in [3.05, 3.63) is 35.4 Å². The number of carbonyl (C=O) groups is 2. The second kappa shape index (κ2) is 14.1. The van der Waals surface area contributed by atoms with E-state index in [1.165, 1.54) is 32.1 Å². The van der Waals surface area contributed by atoms with Gasteiger partial charge in [0.1, 0.15) is 18.2 Å². The van der Waals surface area contributed by atoms with Gasteiger partial charge in [-0.2, -0.15) is 0 Å². The molecule has 0 aliphatic rings. The maximum Gasteiger partial charge on any atom is 0.306 e. The molecule has 0 atom stereocenters. The normalized spacial score (nSPS) is 10.6. The first-order chi connectivity index (χ1) is 13.0. The van der Waals surface area contributed by atoms with Crippen molar-refractivity contribution in [2.75, 3.05) is 6.61 Å². The van der Waals surface area contributed by atoms with E-state index in [9.17, 15) is 18.4 Å². The maximum absolute atomic E-state index is 13.4. The zero-order chi connectivity index (χ0) is 19.9. The first kappa shape index (κ1) is 23.1. The molecule has 0 aliphatic heterocycles. The molecule has 0 amide bonds. The number of esters is 2. The van der Waals surface area contributed by atoms with Gasteiger partial charge >= 0.3 is 11.9 Å². The molecule has 0 fully saturated rings. The number of hydrogen-bond acceptors (Lipinski definition) is 4. The third kappa shape index (κ3) is 11.4. The van der Waals surface area contributed by atoms with Crippen LogP contribution in [0.25, 0.3) is 0 Å². The fraction of sp³-hybridized carbons (Fsp3) is 0.619. The number of halogens is 2. The van der Waals surface area contributed by atoms with Gasteiger partial charge in [-0.1, -0.05) is 51.9 Å². The summed E-state index contributed by atoms with van der Waals surface area (Å²) in [6, 6.07) is 2.94. The van der Waals surface area contributed by atoms with Gasteiger partial charge in [0.15, 0.2) is 0 Å². The van der Waals surface area contributed by atoms with Crippen LogP contribution in [0.2, 0.25) is 0 Å². The van der Waals surface area contributed by atoms with E-state index in [0.717, 1.165) is 37.5 Å². The van der Waals surface area contributed by atoms with Gasteiger partial charge in [-0.05, 0) is 24.6 Å². The van der Waals surface area contributed by atoms with E-state index in [2.05, 4.69) is 6.92 Å². The van der Waals surface area contributed by atoms with Crippen LogP contribution in [0.4, 0.5) is 8.78 Å². The fourth-order valence-corrected chi connectivity index (χ4v) is 2.58. The van der Waals surface area contributed by atoms with E-state index in [0.29, 0.717) is 6.61 Å². The number of benzene rings is 1. The van der Waals surface area contributed by atoms with Crippen LogP contribution < -0.4 is 0 Å². The van der Waals surface area contributed by atoms with Crippen LogP contribution in [-0.2, 0) is 25.7 Å². The zero-order valence-electron chi connectivity index (χ0n) is 16.1. The summed E-state index contributed by atoms with van der Waals surface area (Å²) in [4.78, 5) is 23.2. The lowest BCUT2D eigenvalue weighted by molar-refractivity contribution is -0.151. The van der Waals surface area contributed by atoms with Crippen molar-refractivity contribution >= 4 is 11.9 Å². The molecule has 1 aromatic rings. The van der Waals surface area contributed by atoms with Crippen molar-refractivity contribution < 1.29 is 27.8 Å². The molecule has 0 unspecified atom stereocenters. The molecule has 0 saturated heterocycles. The predicted octanol–water partition coefficient (Wildman–Crippen LogP) is 5.47. The fourth-order valence-electron chi connectivity index (χ4n) is 2.58. The summed E-state index contributed by atoms with van der Waals surface area (Å²) >= 11 is 0. The molecule has 27 heavy (non-hydrogen) atoms. The lowest BCUT2D eigenvalue weighted by Gasteiger charge is -2.07. The standard InChI is InChI=1S/C21H30F2O4/c1-2-3-4-5-6-7-8-9-14-26-20(24)12-13-21(25)27-16-17-15-18(22)10-11-19(17)23/h10-11,15H,2-9,12-14,16H2,1H3. The van der Waals surface area contributed by atoms with E-state index in [4.69, 9.17) is 9.47 Å². The maximum atomic E-state index is 13.4. The molecule has 0 aliphatic carbocycles. The average Bonchev–Trinajstić information content (AvgIpc) is 2.65. The quantitative estimate of drug-likeness (QED) is 0.315. The number of ether oxygens (including phenoxy) is 2. The molecule has 0 radical (unpaired) electrons. The molecular weight excluding hydrogens is 354 g/mol. The summed E-state index contributed by atoms with van der Waals surface area (Å²) in [6.45, 7) is 2.19. The van der Waals surface area contributed by atoms with Gasteiger partial charge in [-0.25, -0.2) is 8.78 Å². The van der Waals surface area contributed by atoms with Crippen LogP contribution in [0.1, 0.15) is 76.7 Å². The molecule has 1 aromatic carbocycles. The number of rotatable bonds is 14. The summed E-state index contributed by atoms with van der Waals surface area (Å²) in [6.07, 6.45) is 9.05. The minimum atomic E-state index is -0.650. The highest BCUT2D eigenvalue weighted by atomic mass is 19.1. The monoisotopic (exact) mass is 384 g/mol. The van der Waals surface area contributed by atoms with Crippen LogP contribution in [0.3, 0.4) is 0 Å². The summed E-state index contributed by atoms with van der Waals surface area (Å²) in [5, 5.41) is 0. The summed E-state index contributed by atoms with van der Waals surface area (Å²) in [7, 11) is 0. The Labute approximate surface area is 160 Å². The van der Waals surface area contributed by atoms with E-state index in [1.54, 1.807) is 0 Å². The molecule has 0 bridgehead atoms. The lowest BCUT2D eigenvalue weighted by atomic mass is 10.1. The first-order valence-corrected chi connectivity index (χ1v) is 9.78. The minimum absolute atomic E-state index is 0.0411. The summed E-state index contributed by atoms with van der Waals surface area (Å²) in [5.41, 5.74) is -0.0411. The Morgan fingerprint density at radius 3 is 2.11 bits per heavy atom. The van der Waals surface area contributed by atoms with Gasteiger partial charge in [0.2, 0.25) is 0 Å². The Kier molecular flexibility index (Phi) is 12.1. The Morgan fingerprint density at radius 2 is 1.44 bits per heavy atom. The Morgan fingerprint density at radius 1 is 0.852 bits per heavy atom. The Hall–Kier alpha value is -1.98. The van der Waals surface area contributed by atoms with Crippen molar-refractivity contribution in [3.63, 3.8) is 0 Å². The SMILES string of the molecule is CCCCCCCCCCOC(=O)CCC(=O)OCc1cc(F)ccc1F. The molecule has 0 spiro atoms. The zero-order valence-corrected chi connectivity index (χ0v) is 16.1. The highest BCUT2D eigenvalue weighted by Crippen LogP contribution is 2.12. The van der Waals surface area contributed by atoms with Gasteiger partial charge in [0.05, 0.1) is 19.4 Å². The molecular formula is C21H30F2O4. The number of hydrogen-bond donors (Lipinski definition) is 0. The molecule has 6 heteroatoms. The summed E-state index contributed by atoms with van der Waals surface area (Å²) in [5.74, 6) is -2.35. The van der Waals surface area contributed by atoms with Crippen LogP contribution >= 0.6 is 0 Å². The van der Waals surface area contributed by atoms with Crippen molar-refractivity contribution in [1.82, 2.24) is 0 Å². The van der Waals surface area contributed by atoms with E-state index < -0.39 is 23.6 Å². The van der Waals surface area contributed by atoms with Crippen molar-refractivity contribution in [2.45, 2.75) is 77.7 Å². The van der Waals surface area contributed by atoms with Gasteiger partial charge in [0.25, 0.3) is 0 Å². The van der Waals surface area contributed by atoms with Crippen LogP contribution in [-0.4, -0.2) is 18.5 Å². The topological polar surface area (TPSA) is 52.6 Å². The van der Waals surface area contributed by atoms with E-state index in [1.807, 2.05) is 0 Å². The van der Waals surface area contributed by atoms with Crippen molar-refractivity contribution in [2.24, 2.45) is 0 Å². The predicted molar refractivity (Wildman–Crippen MR) is 99.0 cm³/mol. The van der Waals surface area contributed by atoms with Gasteiger partial charge in [0, 0.05) is 5.56 Å². The van der Waals surface area contributed by atoms with Crippen LogP contribution in [0.5, 0.6) is 0 Å². The molecule has 1 rings (SSSR count). The number of carbonyl (C=O) groups excluding carboxylic acids is 2. The molecule has 0 aromatic heterocycles. The minimum Gasteiger partial charge on any atom is -0.466 e. The summed E-state index contributed by atoms with van der Waals surface area (Å²) < 4.78 is 36.4. The van der Waals surface area contributed by atoms with Crippen LogP contribution in [0, 0.1) is 11.6 Å². The molecule has 0 heterocycles.